The highest BCUT2D eigenvalue weighted by molar-refractivity contribution is 8.00. The number of nitrogens with one attached hydrogen (secondary N) is 1. The third-order valence-corrected chi connectivity index (χ3v) is 4.11. The number of nitrogens with zero attached hydrogens (tertiary/aromatic N) is 2. The van der Waals surface area contributed by atoms with E-state index >= 15 is 0 Å². The lowest BCUT2D eigenvalue weighted by Crippen LogP contribution is -2.35. The molecule has 0 fully saturated rings. The molecule has 6 nitrogen and oxygen atoms in total. The van der Waals surface area contributed by atoms with Crippen LogP contribution >= 0.6 is 23.4 Å². The van der Waals surface area contributed by atoms with Crippen molar-refractivity contribution in [2.45, 2.75) is 17.3 Å². The molecule has 116 valence electrons. The van der Waals surface area contributed by atoms with E-state index in [-0.39, 0.29) is 0 Å². The highest BCUT2D eigenvalue weighted by Gasteiger charge is 2.19. The predicted octanol–water partition coefficient (Wildman–Crippen LogP) is 2.89. The van der Waals surface area contributed by atoms with Crippen molar-refractivity contribution in [2.75, 3.05) is 7.11 Å². The molecule has 0 aliphatic heterocycles. The van der Waals surface area contributed by atoms with E-state index in [4.69, 9.17) is 11.6 Å². The molecule has 1 aromatic heterocycles. The second-order valence-corrected chi connectivity index (χ2v) is 6.04. The lowest BCUT2D eigenvalue weighted by molar-refractivity contribution is -0.119. The van der Waals surface area contributed by atoms with Crippen LogP contribution in [0.1, 0.15) is 6.92 Å². The SMILES string of the molecule is COC(=O)NC(=O)[C@H](C)Sc1nccn1-c1ccc(Cl)cc1. The number of halogens is 1. The molecule has 22 heavy (non-hydrogen) atoms. The Bertz CT molecular complexity index is 672. The van der Waals surface area contributed by atoms with Gasteiger partial charge in [-0.2, -0.15) is 0 Å². The molecule has 2 aromatic rings. The van der Waals surface area contributed by atoms with Crippen molar-refractivity contribution in [1.29, 1.82) is 0 Å². The second-order valence-electron chi connectivity index (χ2n) is 4.30. The monoisotopic (exact) mass is 339 g/mol. The Hall–Kier alpha value is -1.99. The molecule has 2 amide bonds. The first kappa shape index (κ1) is 16.4. The number of ether oxygens (including phenoxy) is 1. The smallest absolute Gasteiger partial charge is 0.413 e. The number of hydrogen-bond donors (Lipinski definition) is 1. The number of imide groups is 1. The molecular formula is C14H14ClN3O3S. The maximum absolute atomic E-state index is 11.8. The van der Waals surface area contributed by atoms with Crippen LogP contribution in [0.15, 0.2) is 41.8 Å². The Morgan fingerprint density at radius 1 is 1.36 bits per heavy atom. The Labute approximate surface area is 136 Å². The first-order chi connectivity index (χ1) is 10.5. The van der Waals surface area contributed by atoms with E-state index in [0.717, 1.165) is 5.69 Å². The number of hydrogen-bond acceptors (Lipinski definition) is 5. The van der Waals surface area contributed by atoms with Gasteiger partial charge in [0.05, 0.1) is 12.4 Å². The summed E-state index contributed by atoms with van der Waals surface area (Å²) in [7, 11) is 1.20. The molecule has 0 saturated carbocycles. The first-order valence-electron chi connectivity index (χ1n) is 6.36. The molecule has 0 radical (unpaired) electrons. The number of thioether (sulfide) groups is 1. The molecule has 0 spiro atoms. The third-order valence-electron chi connectivity index (χ3n) is 2.77. The zero-order chi connectivity index (χ0) is 16.1. The Morgan fingerprint density at radius 3 is 2.68 bits per heavy atom. The highest BCUT2D eigenvalue weighted by atomic mass is 35.5. The van der Waals surface area contributed by atoms with Gasteiger partial charge in [0.25, 0.3) is 0 Å². The number of rotatable bonds is 4. The van der Waals surface area contributed by atoms with Crippen LogP contribution in [0.5, 0.6) is 0 Å². The molecule has 0 aliphatic carbocycles. The second kappa shape index (κ2) is 7.33. The third kappa shape index (κ3) is 4.02. The van der Waals surface area contributed by atoms with E-state index in [9.17, 15) is 9.59 Å². The number of carbonyl (C=O) groups is 2. The summed E-state index contributed by atoms with van der Waals surface area (Å²) in [6.45, 7) is 1.68. The summed E-state index contributed by atoms with van der Waals surface area (Å²) in [6.07, 6.45) is 2.65. The van der Waals surface area contributed by atoms with E-state index < -0.39 is 17.3 Å². The van der Waals surface area contributed by atoms with Crippen molar-refractivity contribution in [3.8, 4) is 5.69 Å². The Balaban J connectivity index is 2.11. The van der Waals surface area contributed by atoms with Crippen LogP contribution in [-0.4, -0.2) is 33.9 Å². The Kier molecular flexibility index (Phi) is 5.46. The van der Waals surface area contributed by atoms with Crippen molar-refractivity contribution in [3.63, 3.8) is 0 Å². The number of imidazole rings is 1. The van der Waals surface area contributed by atoms with Gasteiger partial charge in [-0.05, 0) is 31.2 Å². The number of benzene rings is 1. The average Bonchev–Trinajstić information content (AvgIpc) is 2.95. The lowest BCUT2D eigenvalue weighted by atomic mass is 10.3. The van der Waals surface area contributed by atoms with Crippen LogP contribution in [-0.2, 0) is 9.53 Å². The van der Waals surface area contributed by atoms with Crippen molar-refractivity contribution >= 4 is 35.4 Å². The predicted molar refractivity (Wildman–Crippen MR) is 84.4 cm³/mol. The van der Waals surface area contributed by atoms with Crippen LogP contribution < -0.4 is 5.32 Å². The molecule has 1 aromatic carbocycles. The minimum absolute atomic E-state index is 0.442. The normalized spacial score (nSPS) is 11.8. The van der Waals surface area contributed by atoms with Gasteiger partial charge in [0, 0.05) is 23.1 Å². The number of aromatic nitrogens is 2. The summed E-state index contributed by atoms with van der Waals surface area (Å²) in [6, 6.07) is 7.26. The van der Waals surface area contributed by atoms with E-state index in [1.165, 1.54) is 18.9 Å². The summed E-state index contributed by atoms with van der Waals surface area (Å²) in [4.78, 5) is 27.1. The van der Waals surface area contributed by atoms with Gasteiger partial charge in [-0.15, -0.1) is 0 Å². The maximum atomic E-state index is 11.8. The molecule has 0 aliphatic rings. The fourth-order valence-electron chi connectivity index (χ4n) is 1.64. The maximum Gasteiger partial charge on any atom is 0.413 e. The molecule has 0 bridgehead atoms. The van der Waals surface area contributed by atoms with E-state index in [0.29, 0.717) is 10.2 Å². The largest absolute Gasteiger partial charge is 0.453 e. The minimum atomic E-state index is -0.779. The van der Waals surface area contributed by atoms with Gasteiger partial charge in [-0.1, -0.05) is 23.4 Å². The van der Waals surface area contributed by atoms with E-state index in [2.05, 4.69) is 15.0 Å². The van der Waals surface area contributed by atoms with Gasteiger partial charge >= 0.3 is 6.09 Å². The van der Waals surface area contributed by atoms with Crippen molar-refractivity contribution in [3.05, 3.63) is 41.7 Å². The molecule has 0 saturated heterocycles. The number of carbonyl (C=O) groups excluding carboxylic acids is 2. The van der Waals surface area contributed by atoms with Crippen LogP contribution in [0.3, 0.4) is 0 Å². The zero-order valence-corrected chi connectivity index (χ0v) is 13.5. The van der Waals surface area contributed by atoms with E-state index in [1.54, 1.807) is 31.5 Å². The molecule has 8 heteroatoms. The molecular weight excluding hydrogens is 326 g/mol. The van der Waals surface area contributed by atoms with E-state index in [1.807, 2.05) is 16.7 Å². The molecule has 1 N–H and O–H groups in total. The van der Waals surface area contributed by atoms with Gasteiger partial charge in [-0.3, -0.25) is 14.7 Å². The fraction of sp³-hybridized carbons (Fsp3) is 0.214. The van der Waals surface area contributed by atoms with Crippen molar-refractivity contribution < 1.29 is 14.3 Å². The number of methoxy groups -OCH3 is 1. The quantitative estimate of drug-likeness (QED) is 0.867. The standard InChI is InChI=1S/C14H14ClN3O3S/c1-9(12(19)17-14(20)21-2)22-13-16-7-8-18(13)11-5-3-10(15)4-6-11/h3-9H,1-2H3,(H,17,19,20)/t9-/m0/s1. The summed E-state index contributed by atoms with van der Waals surface area (Å²) in [5.41, 5.74) is 0.880. The summed E-state index contributed by atoms with van der Waals surface area (Å²) >= 11 is 7.11. The molecule has 2 rings (SSSR count). The first-order valence-corrected chi connectivity index (χ1v) is 7.61. The van der Waals surface area contributed by atoms with Gasteiger partial charge < -0.3 is 4.74 Å². The summed E-state index contributed by atoms with van der Waals surface area (Å²) in [5.74, 6) is -0.442. The lowest BCUT2D eigenvalue weighted by Gasteiger charge is -2.12. The van der Waals surface area contributed by atoms with Gasteiger partial charge in [-0.25, -0.2) is 9.78 Å². The average molecular weight is 340 g/mol. The highest BCUT2D eigenvalue weighted by Crippen LogP contribution is 2.25. The van der Waals surface area contributed by atoms with Gasteiger partial charge in [0.15, 0.2) is 5.16 Å². The van der Waals surface area contributed by atoms with Gasteiger partial charge in [0.2, 0.25) is 5.91 Å². The van der Waals surface area contributed by atoms with Crippen LogP contribution in [0.2, 0.25) is 5.02 Å². The molecule has 1 atom stereocenters. The molecule has 1 heterocycles. The fourth-order valence-corrected chi connectivity index (χ4v) is 2.65. The van der Waals surface area contributed by atoms with Crippen molar-refractivity contribution in [2.24, 2.45) is 0 Å². The number of alkyl carbamates (subject to hydrolysis) is 1. The summed E-state index contributed by atoms with van der Waals surface area (Å²) in [5, 5.41) is 2.90. The van der Waals surface area contributed by atoms with Crippen molar-refractivity contribution in [1.82, 2.24) is 14.9 Å². The van der Waals surface area contributed by atoms with Gasteiger partial charge in [0.1, 0.15) is 0 Å². The zero-order valence-electron chi connectivity index (χ0n) is 11.9. The Morgan fingerprint density at radius 2 is 2.05 bits per heavy atom. The van der Waals surface area contributed by atoms with Crippen LogP contribution in [0, 0.1) is 0 Å². The van der Waals surface area contributed by atoms with Crippen LogP contribution in [0.4, 0.5) is 4.79 Å². The minimum Gasteiger partial charge on any atom is -0.453 e. The van der Waals surface area contributed by atoms with Crippen LogP contribution in [0.25, 0.3) is 5.69 Å². The topological polar surface area (TPSA) is 73.2 Å². The summed E-state index contributed by atoms with van der Waals surface area (Å²) < 4.78 is 6.23. The number of amides is 2. The molecule has 0 unspecified atom stereocenters.